The molecule has 9 nitrogen and oxygen atoms in total. The lowest BCUT2D eigenvalue weighted by Crippen LogP contribution is -2.30. The SMILES string of the molecule is Cc1ccc(CC(=O)CN(C)c2nc(-c3cc(OCCOC4CCCCO4)ccn3)nc3c2C(C)(C)CC3)cn1. The molecule has 9 heteroatoms. The average molecular weight is 546 g/mol. The number of anilines is 1. The van der Waals surface area contributed by atoms with E-state index in [2.05, 4.69) is 23.8 Å². The number of hydrogen-bond donors (Lipinski definition) is 0. The number of Topliss-reactive ketones (excluding diaryl/α,β-unsaturated/α-hetero) is 1. The number of aryl methyl sites for hydroxylation is 2. The van der Waals surface area contributed by atoms with E-state index in [1.54, 1.807) is 12.4 Å². The van der Waals surface area contributed by atoms with Gasteiger partial charge in [0.05, 0.1) is 18.8 Å². The van der Waals surface area contributed by atoms with Gasteiger partial charge < -0.3 is 19.1 Å². The topological polar surface area (TPSA) is 99.6 Å². The molecule has 212 valence electrons. The van der Waals surface area contributed by atoms with E-state index in [4.69, 9.17) is 24.2 Å². The van der Waals surface area contributed by atoms with Crippen molar-refractivity contribution in [2.24, 2.45) is 0 Å². The summed E-state index contributed by atoms with van der Waals surface area (Å²) in [6.07, 6.45) is 8.67. The summed E-state index contributed by atoms with van der Waals surface area (Å²) in [6, 6.07) is 7.57. The lowest BCUT2D eigenvalue weighted by Gasteiger charge is -2.27. The molecule has 0 N–H and O–H groups in total. The van der Waals surface area contributed by atoms with Crippen LogP contribution in [0.5, 0.6) is 5.75 Å². The second-order valence-electron chi connectivity index (χ2n) is 11.3. The van der Waals surface area contributed by atoms with Gasteiger partial charge in [-0.2, -0.15) is 0 Å². The molecule has 0 saturated carbocycles. The lowest BCUT2D eigenvalue weighted by molar-refractivity contribution is -0.165. The van der Waals surface area contributed by atoms with Crippen molar-refractivity contribution in [3.63, 3.8) is 0 Å². The maximum absolute atomic E-state index is 13.0. The highest BCUT2D eigenvalue weighted by molar-refractivity contribution is 5.85. The Hall–Kier alpha value is -3.43. The summed E-state index contributed by atoms with van der Waals surface area (Å²) in [4.78, 5) is 33.7. The van der Waals surface area contributed by atoms with Gasteiger partial charge in [-0.1, -0.05) is 19.9 Å². The Kier molecular flexibility index (Phi) is 8.71. The van der Waals surface area contributed by atoms with Crippen molar-refractivity contribution < 1.29 is 19.0 Å². The van der Waals surface area contributed by atoms with Crippen molar-refractivity contribution in [2.75, 3.05) is 38.3 Å². The van der Waals surface area contributed by atoms with Gasteiger partial charge in [-0.25, -0.2) is 9.97 Å². The van der Waals surface area contributed by atoms with Crippen LogP contribution in [0.4, 0.5) is 5.82 Å². The van der Waals surface area contributed by atoms with Gasteiger partial charge in [0.15, 0.2) is 17.9 Å². The average Bonchev–Trinajstić information content (AvgIpc) is 3.27. The van der Waals surface area contributed by atoms with E-state index in [0.717, 1.165) is 67.0 Å². The second kappa shape index (κ2) is 12.4. The fourth-order valence-electron chi connectivity index (χ4n) is 5.35. The van der Waals surface area contributed by atoms with E-state index >= 15 is 0 Å². The van der Waals surface area contributed by atoms with Gasteiger partial charge in [-0.3, -0.25) is 14.8 Å². The summed E-state index contributed by atoms with van der Waals surface area (Å²) in [5, 5.41) is 0. The zero-order valence-electron chi connectivity index (χ0n) is 24.0. The number of aromatic nitrogens is 4. The summed E-state index contributed by atoms with van der Waals surface area (Å²) < 4.78 is 17.3. The number of hydrogen-bond acceptors (Lipinski definition) is 9. The van der Waals surface area contributed by atoms with Gasteiger partial charge in [0.1, 0.15) is 23.9 Å². The summed E-state index contributed by atoms with van der Waals surface area (Å²) in [7, 11) is 1.93. The molecule has 40 heavy (non-hydrogen) atoms. The first-order valence-corrected chi connectivity index (χ1v) is 14.2. The molecular weight excluding hydrogens is 506 g/mol. The molecule has 1 fully saturated rings. The molecule has 1 atom stereocenters. The van der Waals surface area contributed by atoms with Crippen LogP contribution >= 0.6 is 0 Å². The number of ketones is 1. The first-order valence-electron chi connectivity index (χ1n) is 14.2. The van der Waals surface area contributed by atoms with E-state index in [0.29, 0.717) is 36.9 Å². The summed E-state index contributed by atoms with van der Waals surface area (Å²) >= 11 is 0. The van der Waals surface area contributed by atoms with Gasteiger partial charge in [0.2, 0.25) is 0 Å². The quantitative estimate of drug-likeness (QED) is 0.319. The molecule has 1 saturated heterocycles. The highest BCUT2D eigenvalue weighted by Gasteiger charge is 2.36. The summed E-state index contributed by atoms with van der Waals surface area (Å²) in [5.41, 5.74) is 4.52. The molecule has 3 aromatic rings. The maximum atomic E-state index is 13.0. The molecule has 0 amide bonds. The Labute approximate surface area is 236 Å². The van der Waals surface area contributed by atoms with Crippen molar-refractivity contribution in [1.82, 2.24) is 19.9 Å². The molecule has 3 aromatic heterocycles. The Morgan fingerprint density at radius 3 is 2.80 bits per heavy atom. The van der Waals surface area contributed by atoms with Crippen molar-refractivity contribution in [2.45, 2.75) is 71.0 Å². The smallest absolute Gasteiger partial charge is 0.180 e. The molecule has 1 aliphatic heterocycles. The molecular formula is C31H39N5O4. The van der Waals surface area contributed by atoms with Crippen LogP contribution in [-0.2, 0) is 32.5 Å². The monoisotopic (exact) mass is 545 g/mol. The van der Waals surface area contributed by atoms with Gasteiger partial charge in [0.25, 0.3) is 0 Å². The third-order valence-electron chi connectivity index (χ3n) is 7.53. The molecule has 2 aliphatic rings. The first kappa shape index (κ1) is 28.1. The number of likely N-dealkylation sites (N-methyl/N-ethyl adjacent to an activating group) is 1. The minimum absolute atomic E-state index is 0.0815. The molecule has 0 spiro atoms. The number of nitrogens with zero attached hydrogens (tertiary/aromatic N) is 5. The highest BCUT2D eigenvalue weighted by atomic mass is 16.7. The largest absolute Gasteiger partial charge is 0.491 e. The van der Waals surface area contributed by atoms with Gasteiger partial charge in [-0.15, -0.1) is 0 Å². The Bertz CT molecular complexity index is 1320. The van der Waals surface area contributed by atoms with Gasteiger partial charge in [-0.05, 0) is 62.1 Å². The number of rotatable bonds is 11. The number of carbonyl (C=O) groups is 1. The predicted molar refractivity (Wildman–Crippen MR) is 153 cm³/mol. The van der Waals surface area contributed by atoms with E-state index in [1.165, 1.54) is 0 Å². The number of carbonyl (C=O) groups excluding carboxylic acids is 1. The fourth-order valence-corrected chi connectivity index (χ4v) is 5.35. The highest BCUT2D eigenvalue weighted by Crippen LogP contribution is 2.43. The van der Waals surface area contributed by atoms with E-state index in [-0.39, 0.29) is 24.0 Å². The van der Waals surface area contributed by atoms with Gasteiger partial charge >= 0.3 is 0 Å². The van der Waals surface area contributed by atoms with Crippen LogP contribution in [0.2, 0.25) is 0 Å². The van der Waals surface area contributed by atoms with E-state index in [1.807, 2.05) is 43.1 Å². The molecule has 0 bridgehead atoms. The van der Waals surface area contributed by atoms with Crippen LogP contribution in [0.15, 0.2) is 36.7 Å². The number of fused-ring (bicyclic) bond motifs is 1. The standard InChI is InChI=1S/C31H39N5O4/c1-21-8-9-22(19-33-21)17-23(37)20-36(4)30-28-25(10-12-31(28,2)3)34-29(35-30)26-18-24(11-13-32-26)38-15-16-40-27-7-5-6-14-39-27/h8-9,11,13,18-19,27H,5-7,10,12,14-17,20H2,1-4H3. The zero-order chi connectivity index (χ0) is 28.1. The van der Waals surface area contributed by atoms with Crippen molar-refractivity contribution in [3.8, 4) is 17.3 Å². The molecule has 5 rings (SSSR count). The normalized spacial score (nSPS) is 17.9. The minimum atomic E-state index is -0.134. The van der Waals surface area contributed by atoms with Crippen LogP contribution in [0.1, 0.15) is 62.0 Å². The minimum Gasteiger partial charge on any atom is -0.491 e. The van der Waals surface area contributed by atoms with Crippen LogP contribution in [0.3, 0.4) is 0 Å². The zero-order valence-corrected chi connectivity index (χ0v) is 24.0. The Morgan fingerprint density at radius 2 is 2.02 bits per heavy atom. The third-order valence-corrected chi connectivity index (χ3v) is 7.53. The van der Waals surface area contributed by atoms with Crippen LogP contribution in [0, 0.1) is 6.92 Å². The first-order chi connectivity index (χ1) is 19.3. The van der Waals surface area contributed by atoms with E-state index in [9.17, 15) is 4.79 Å². The van der Waals surface area contributed by atoms with Gasteiger partial charge in [0, 0.05) is 49.8 Å². The molecule has 0 aromatic carbocycles. The maximum Gasteiger partial charge on any atom is 0.180 e. The summed E-state index contributed by atoms with van der Waals surface area (Å²) in [6.45, 7) is 8.23. The Balaban J connectivity index is 1.31. The van der Waals surface area contributed by atoms with Crippen molar-refractivity contribution >= 4 is 11.6 Å². The number of pyridine rings is 2. The van der Waals surface area contributed by atoms with Crippen molar-refractivity contribution in [3.05, 3.63) is 59.2 Å². The van der Waals surface area contributed by atoms with Crippen LogP contribution < -0.4 is 9.64 Å². The molecule has 1 unspecified atom stereocenters. The fraction of sp³-hybridized carbons (Fsp3) is 0.516. The summed E-state index contributed by atoms with van der Waals surface area (Å²) in [5.74, 6) is 2.10. The van der Waals surface area contributed by atoms with Crippen LogP contribution in [0.25, 0.3) is 11.5 Å². The van der Waals surface area contributed by atoms with Crippen molar-refractivity contribution in [1.29, 1.82) is 0 Å². The van der Waals surface area contributed by atoms with E-state index < -0.39 is 0 Å². The van der Waals surface area contributed by atoms with Crippen LogP contribution in [-0.4, -0.2) is 65.4 Å². The molecule has 1 aliphatic carbocycles. The molecule has 4 heterocycles. The number of ether oxygens (including phenoxy) is 3. The molecule has 0 radical (unpaired) electrons. The Morgan fingerprint density at radius 1 is 1.15 bits per heavy atom. The third kappa shape index (κ3) is 6.82. The predicted octanol–water partition coefficient (Wildman–Crippen LogP) is 4.64. The lowest BCUT2D eigenvalue weighted by atomic mass is 9.87. The second-order valence-corrected chi connectivity index (χ2v) is 11.3.